The molecule has 0 amide bonds. The number of esters is 1. The summed E-state index contributed by atoms with van der Waals surface area (Å²) in [4.78, 5) is 23.0. The maximum Gasteiger partial charge on any atom is 0.306 e. The highest BCUT2D eigenvalue weighted by molar-refractivity contribution is 5.90. The van der Waals surface area contributed by atoms with Crippen molar-refractivity contribution in [1.82, 2.24) is 0 Å². The van der Waals surface area contributed by atoms with Gasteiger partial charge in [0, 0.05) is 12.3 Å². The Morgan fingerprint density at radius 1 is 1.29 bits per heavy atom. The Bertz CT molecular complexity index is 437. The van der Waals surface area contributed by atoms with Crippen molar-refractivity contribution in [3.63, 3.8) is 0 Å². The van der Waals surface area contributed by atoms with Crippen LogP contribution in [-0.2, 0) is 20.7 Å². The first-order chi connectivity index (χ1) is 8.22. The number of hydrogen-bond acceptors (Lipinski definition) is 3. The molecule has 1 aliphatic rings. The topological polar surface area (TPSA) is 43.4 Å². The van der Waals surface area contributed by atoms with Crippen LogP contribution in [0.4, 0.5) is 0 Å². The quantitative estimate of drug-likeness (QED) is 0.731. The van der Waals surface area contributed by atoms with Crippen LogP contribution in [0.2, 0.25) is 0 Å². The van der Waals surface area contributed by atoms with E-state index in [2.05, 4.69) is 0 Å². The lowest BCUT2D eigenvalue weighted by atomic mass is 9.74. The van der Waals surface area contributed by atoms with E-state index in [4.69, 9.17) is 4.74 Å². The summed E-state index contributed by atoms with van der Waals surface area (Å²) in [6, 6.07) is 7.97. The van der Waals surface area contributed by atoms with Crippen LogP contribution in [0.1, 0.15) is 36.8 Å². The number of ketones is 1. The smallest absolute Gasteiger partial charge is 0.306 e. The highest BCUT2D eigenvalue weighted by Gasteiger charge is 2.31. The van der Waals surface area contributed by atoms with Gasteiger partial charge in [0.1, 0.15) is 5.78 Å². The van der Waals surface area contributed by atoms with E-state index < -0.39 is 0 Å². The number of ether oxygens (including phenoxy) is 1. The van der Waals surface area contributed by atoms with Gasteiger partial charge in [0.15, 0.2) is 0 Å². The van der Waals surface area contributed by atoms with Gasteiger partial charge in [-0.15, -0.1) is 0 Å². The monoisotopic (exact) mass is 232 g/mol. The van der Waals surface area contributed by atoms with E-state index in [9.17, 15) is 9.59 Å². The molecule has 90 valence electrons. The molecule has 0 N–H and O–H groups in total. The van der Waals surface area contributed by atoms with E-state index in [1.807, 2.05) is 24.3 Å². The summed E-state index contributed by atoms with van der Waals surface area (Å²) < 4.78 is 4.80. The third-order valence-corrected chi connectivity index (χ3v) is 3.12. The Kier molecular flexibility index (Phi) is 3.57. The molecule has 0 spiro atoms. The second kappa shape index (κ2) is 5.13. The number of benzene rings is 1. The molecule has 1 unspecified atom stereocenters. The van der Waals surface area contributed by atoms with Crippen LogP contribution in [0, 0.1) is 0 Å². The predicted octanol–water partition coefficient (Wildman–Crippen LogP) is 2.24. The zero-order chi connectivity index (χ0) is 12.3. The predicted molar refractivity (Wildman–Crippen MR) is 63.8 cm³/mol. The lowest BCUT2D eigenvalue weighted by Crippen LogP contribution is -2.25. The van der Waals surface area contributed by atoms with Gasteiger partial charge in [-0.1, -0.05) is 24.3 Å². The average Bonchev–Trinajstić information content (AvgIpc) is 2.28. The van der Waals surface area contributed by atoms with Crippen LogP contribution < -0.4 is 0 Å². The summed E-state index contributed by atoms with van der Waals surface area (Å²) in [5.74, 6) is -0.133. The molecule has 0 bridgehead atoms. The van der Waals surface area contributed by atoms with Gasteiger partial charge in [0.25, 0.3) is 0 Å². The number of Topliss-reactive ketones (excluding diaryl/α,β-unsaturated/α-hetero) is 1. The van der Waals surface area contributed by atoms with Crippen molar-refractivity contribution in [2.75, 3.05) is 6.61 Å². The lowest BCUT2D eigenvalue weighted by molar-refractivity contribution is -0.144. The number of hydrogen-bond donors (Lipinski definition) is 0. The highest BCUT2D eigenvalue weighted by atomic mass is 16.5. The second-order valence-electron chi connectivity index (χ2n) is 4.23. The number of fused-ring (bicyclic) bond motifs is 1. The standard InChI is InChI=1S/C14H16O3/c1-2-17-14(16)8-7-13(15)12-9-10-5-3-4-6-11(10)12/h3-6,12H,2,7-9H2,1H3. The Balaban J connectivity index is 1.85. The summed E-state index contributed by atoms with van der Waals surface area (Å²) in [6.07, 6.45) is 1.31. The fourth-order valence-electron chi connectivity index (χ4n) is 2.18. The molecule has 0 radical (unpaired) electrons. The second-order valence-corrected chi connectivity index (χ2v) is 4.23. The van der Waals surface area contributed by atoms with Crippen LogP contribution in [0.5, 0.6) is 0 Å². The van der Waals surface area contributed by atoms with Gasteiger partial charge < -0.3 is 4.74 Å². The molecular weight excluding hydrogens is 216 g/mol. The SMILES string of the molecule is CCOC(=O)CCC(=O)C1Cc2ccccc21. The minimum Gasteiger partial charge on any atom is -0.466 e. The van der Waals surface area contributed by atoms with Crippen molar-refractivity contribution in [3.8, 4) is 0 Å². The van der Waals surface area contributed by atoms with E-state index >= 15 is 0 Å². The van der Waals surface area contributed by atoms with Crippen molar-refractivity contribution >= 4 is 11.8 Å². The number of rotatable bonds is 5. The third kappa shape index (κ3) is 2.54. The molecule has 0 saturated carbocycles. The molecule has 3 heteroatoms. The van der Waals surface area contributed by atoms with E-state index in [0.29, 0.717) is 6.61 Å². The van der Waals surface area contributed by atoms with Crippen LogP contribution in [-0.4, -0.2) is 18.4 Å². The Morgan fingerprint density at radius 2 is 2.06 bits per heavy atom. The molecule has 2 rings (SSSR count). The number of carbonyl (C=O) groups excluding carboxylic acids is 2. The maximum absolute atomic E-state index is 11.9. The first-order valence-corrected chi connectivity index (χ1v) is 5.98. The van der Waals surface area contributed by atoms with Crippen LogP contribution in [0.25, 0.3) is 0 Å². The van der Waals surface area contributed by atoms with Crippen molar-refractivity contribution in [1.29, 1.82) is 0 Å². The van der Waals surface area contributed by atoms with Crippen LogP contribution >= 0.6 is 0 Å². The first-order valence-electron chi connectivity index (χ1n) is 5.98. The molecule has 0 aliphatic heterocycles. The molecule has 1 aliphatic carbocycles. The van der Waals surface area contributed by atoms with E-state index in [1.165, 1.54) is 5.56 Å². The number of carbonyl (C=O) groups is 2. The zero-order valence-corrected chi connectivity index (χ0v) is 9.94. The molecule has 0 fully saturated rings. The molecule has 1 aromatic rings. The molecule has 0 saturated heterocycles. The van der Waals surface area contributed by atoms with E-state index in [-0.39, 0.29) is 30.5 Å². The van der Waals surface area contributed by atoms with Crippen molar-refractivity contribution in [2.45, 2.75) is 32.1 Å². The maximum atomic E-state index is 11.9. The Morgan fingerprint density at radius 3 is 2.76 bits per heavy atom. The normalized spacial score (nSPS) is 16.9. The van der Waals surface area contributed by atoms with Gasteiger partial charge in [-0.05, 0) is 24.5 Å². The summed E-state index contributed by atoms with van der Waals surface area (Å²) in [6.45, 7) is 2.14. The van der Waals surface area contributed by atoms with Crippen LogP contribution in [0.15, 0.2) is 24.3 Å². The third-order valence-electron chi connectivity index (χ3n) is 3.12. The average molecular weight is 232 g/mol. The molecule has 1 aromatic carbocycles. The minimum atomic E-state index is -0.284. The van der Waals surface area contributed by atoms with Gasteiger partial charge in [0.2, 0.25) is 0 Å². The largest absolute Gasteiger partial charge is 0.466 e. The summed E-state index contributed by atoms with van der Waals surface area (Å²) >= 11 is 0. The van der Waals surface area contributed by atoms with Gasteiger partial charge in [-0.3, -0.25) is 9.59 Å². The van der Waals surface area contributed by atoms with E-state index in [0.717, 1.165) is 12.0 Å². The summed E-state index contributed by atoms with van der Waals surface area (Å²) in [7, 11) is 0. The minimum absolute atomic E-state index is 0.000580. The van der Waals surface area contributed by atoms with E-state index in [1.54, 1.807) is 6.92 Å². The fourth-order valence-corrected chi connectivity index (χ4v) is 2.18. The molecular formula is C14H16O3. The molecule has 3 nitrogen and oxygen atoms in total. The van der Waals surface area contributed by atoms with Gasteiger partial charge >= 0.3 is 5.97 Å². The highest BCUT2D eigenvalue weighted by Crippen LogP contribution is 2.36. The van der Waals surface area contributed by atoms with Crippen LogP contribution in [0.3, 0.4) is 0 Å². The van der Waals surface area contributed by atoms with Gasteiger partial charge in [-0.25, -0.2) is 0 Å². The van der Waals surface area contributed by atoms with Crippen molar-refractivity contribution in [3.05, 3.63) is 35.4 Å². The molecule has 0 aromatic heterocycles. The zero-order valence-electron chi connectivity index (χ0n) is 9.94. The Labute approximate surface area is 101 Å². The van der Waals surface area contributed by atoms with Gasteiger partial charge in [0.05, 0.1) is 13.0 Å². The van der Waals surface area contributed by atoms with Gasteiger partial charge in [-0.2, -0.15) is 0 Å². The van der Waals surface area contributed by atoms with Crippen molar-refractivity contribution < 1.29 is 14.3 Å². The van der Waals surface area contributed by atoms with Crippen molar-refractivity contribution in [2.24, 2.45) is 0 Å². The molecule has 1 atom stereocenters. The first kappa shape index (κ1) is 11.8. The Hall–Kier alpha value is -1.64. The summed E-state index contributed by atoms with van der Waals surface area (Å²) in [5, 5.41) is 0. The molecule has 0 heterocycles. The lowest BCUT2D eigenvalue weighted by Gasteiger charge is -2.28. The molecule has 17 heavy (non-hydrogen) atoms. The fraction of sp³-hybridized carbons (Fsp3) is 0.429. The summed E-state index contributed by atoms with van der Waals surface area (Å²) in [5.41, 5.74) is 2.38.